The molecule has 2 heterocycles. The summed E-state index contributed by atoms with van der Waals surface area (Å²) < 4.78 is 7.59. The zero-order valence-corrected chi connectivity index (χ0v) is 12.2. The number of aromatic nitrogens is 2. The van der Waals surface area contributed by atoms with E-state index in [-0.39, 0.29) is 6.10 Å². The highest BCUT2D eigenvalue weighted by Crippen LogP contribution is 2.15. The van der Waals surface area contributed by atoms with Crippen LogP contribution in [0.5, 0.6) is 0 Å². The van der Waals surface area contributed by atoms with Gasteiger partial charge in [0.1, 0.15) is 0 Å². The molecule has 1 aromatic heterocycles. The zero-order valence-electron chi connectivity index (χ0n) is 12.2. The smallest absolute Gasteiger partial charge is 0.0824 e. The molecule has 2 N–H and O–H groups in total. The van der Waals surface area contributed by atoms with Crippen molar-refractivity contribution in [1.29, 1.82) is 0 Å². The van der Waals surface area contributed by atoms with Crippen LogP contribution in [0.15, 0.2) is 42.7 Å². The van der Waals surface area contributed by atoms with Crippen molar-refractivity contribution in [3.05, 3.63) is 53.9 Å². The molecule has 0 amide bonds. The lowest BCUT2D eigenvalue weighted by molar-refractivity contribution is -0.0261. The van der Waals surface area contributed by atoms with Crippen LogP contribution in [0, 0.1) is 0 Å². The van der Waals surface area contributed by atoms with E-state index in [9.17, 15) is 0 Å². The van der Waals surface area contributed by atoms with Gasteiger partial charge in [-0.15, -0.1) is 0 Å². The third kappa shape index (κ3) is 3.69. The third-order valence-corrected chi connectivity index (χ3v) is 3.89. The van der Waals surface area contributed by atoms with Crippen LogP contribution >= 0.6 is 0 Å². The SMILES string of the molecule is NCC1CN(Cc2ccccc2Cn2cccn2)CCO1. The van der Waals surface area contributed by atoms with Gasteiger partial charge in [0, 0.05) is 38.6 Å². The highest BCUT2D eigenvalue weighted by Gasteiger charge is 2.19. The Kier molecular flexibility index (Phi) is 4.65. The molecule has 1 aromatic carbocycles. The maximum atomic E-state index is 5.72. The molecule has 1 saturated heterocycles. The summed E-state index contributed by atoms with van der Waals surface area (Å²) in [6.45, 7) is 4.99. The predicted molar refractivity (Wildman–Crippen MR) is 81.8 cm³/mol. The molecule has 2 aromatic rings. The minimum Gasteiger partial charge on any atom is -0.374 e. The molecule has 1 atom stereocenters. The highest BCUT2D eigenvalue weighted by molar-refractivity contribution is 5.27. The second-order valence-corrected chi connectivity index (χ2v) is 5.44. The second-order valence-electron chi connectivity index (χ2n) is 5.44. The van der Waals surface area contributed by atoms with E-state index >= 15 is 0 Å². The molecule has 0 radical (unpaired) electrons. The molecule has 21 heavy (non-hydrogen) atoms. The molecule has 1 aliphatic heterocycles. The van der Waals surface area contributed by atoms with Gasteiger partial charge in [0.2, 0.25) is 0 Å². The summed E-state index contributed by atoms with van der Waals surface area (Å²) in [6, 6.07) is 10.5. The Morgan fingerprint density at radius 3 is 2.71 bits per heavy atom. The number of hydrogen-bond donors (Lipinski definition) is 1. The quantitative estimate of drug-likeness (QED) is 0.894. The summed E-state index contributed by atoms with van der Waals surface area (Å²) in [5.41, 5.74) is 8.38. The molecular weight excluding hydrogens is 264 g/mol. The molecule has 5 heteroatoms. The highest BCUT2D eigenvalue weighted by atomic mass is 16.5. The van der Waals surface area contributed by atoms with Gasteiger partial charge < -0.3 is 10.5 Å². The Balaban J connectivity index is 1.70. The van der Waals surface area contributed by atoms with E-state index in [1.165, 1.54) is 11.1 Å². The molecule has 3 rings (SSSR count). The molecule has 1 fully saturated rings. The Labute approximate surface area is 125 Å². The first kappa shape index (κ1) is 14.3. The first-order valence-corrected chi connectivity index (χ1v) is 7.43. The summed E-state index contributed by atoms with van der Waals surface area (Å²) in [5, 5.41) is 4.29. The number of rotatable bonds is 5. The van der Waals surface area contributed by atoms with Gasteiger partial charge in [-0.2, -0.15) is 5.10 Å². The lowest BCUT2D eigenvalue weighted by Crippen LogP contribution is -2.45. The maximum absolute atomic E-state index is 5.72. The van der Waals surface area contributed by atoms with E-state index < -0.39 is 0 Å². The van der Waals surface area contributed by atoms with Gasteiger partial charge in [0.25, 0.3) is 0 Å². The van der Waals surface area contributed by atoms with Crippen molar-refractivity contribution in [3.63, 3.8) is 0 Å². The average Bonchev–Trinajstić information content (AvgIpc) is 3.02. The topological polar surface area (TPSA) is 56.3 Å². The minimum atomic E-state index is 0.164. The van der Waals surface area contributed by atoms with Crippen LogP contribution in [0.25, 0.3) is 0 Å². The molecule has 0 saturated carbocycles. The largest absolute Gasteiger partial charge is 0.374 e. The van der Waals surface area contributed by atoms with E-state index in [0.29, 0.717) is 6.54 Å². The monoisotopic (exact) mass is 286 g/mol. The summed E-state index contributed by atoms with van der Waals surface area (Å²) in [5.74, 6) is 0. The molecular formula is C16H22N4O. The van der Waals surface area contributed by atoms with E-state index in [1.807, 2.05) is 23.1 Å². The van der Waals surface area contributed by atoms with Gasteiger partial charge in [0.05, 0.1) is 19.3 Å². The maximum Gasteiger partial charge on any atom is 0.0824 e. The van der Waals surface area contributed by atoms with Crippen LogP contribution in [-0.2, 0) is 17.8 Å². The van der Waals surface area contributed by atoms with Crippen molar-refractivity contribution in [1.82, 2.24) is 14.7 Å². The standard InChI is InChI=1S/C16H22N4O/c17-10-16-13-19(8-9-21-16)11-14-4-1-2-5-15(14)12-20-7-3-6-18-20/h1-7,16H,8-13,17H2. The number of benzene rings is 1. The van der Waals surface area contributed by atoms with Crippen molar-refractivity contribution in [2.45, 2.75) is 19.2 Å². The van der Waals surface area contributed by atoms with Gasteiger partial charge in [-0.25, -0.2) is 0 Å². The van der Waals surface area contributed by atoms with E-state index in [2.05, 4.69) is 34.3 Å². The van der Waals surface area contributed by atoms with E-state index in [0.717, 1.165) is 32.8 Å². The number of hydrogen-bond acceptors (Lipinski definition) is 4. The summed E-state index contributed by atoms with van der Waals surface area (Å²) in [4.78, 5) is 2.42. The molecule has 5 nitrogen and oxygen atoms in total. The van der Waals surface area contributed by atoms with Crippen molar-refractivity contribution in [3.8, 4) is 0 Å². The Morgan fingerprint density at radius 1 is 1.19 bits per heavy atom. The van der Waals surface area contributed by atoms with Crippen molar-refractivity contribution < 1.29 is 4.74 Å². The van der Waals surface area contributed by atoms with E-state index in [4.69, 9.17) is 10.5 Å². The average molecular weight is 286 g/mol. The number of morpholine rings is 1. The number of nitrogens with two attached hydrogens (primary N) is 1. The molecule has 1 aliphatic rings. The minimum absolute atomic E-state index is 0.164. The van der Waals surface area contributed by atoms with Gasteiger partial charge in [-0.05, 0) is 17.2 Å². The molecule has 1 unspecified atom stereocenters. The second kappa shape index (κ2) is 6.85. The van der Waals surface area contributed by atoms with Crippen LogP contribution in [-0.4, -0.2) is 47.0 Å². The van der Waals surface area contributed by atoms with Crippen molar-refractivity contribution in [2.24, 2.45) is 5.73 Å². The van der Waals surface area contributed by atoms with Gasteiger partial charge in [-0.1, -0.05) is 24.3 Å². The van der Waals surface area contributed by atoms with Crippen LogP contribution in [0.4, 0.5) is 0 Å². The van der Waals surface area contributed by atoms with Gasteiger partial charge in [-0.3, -0.25) is 9.58 Å². The molecule has 0 aliphatic carbocycles. The Morgan fingerprint density at radius 2 is 2.00 bits per heavy atom. The molecule has 0 spiro atoms. The molecule has 0 bridgehead atoms. The van der Waals surface area contributed by atoms with Crippen molar-refractivity contribution >= 4 is 0 Å². The Hall–Kier alpha value is -1.69. The van der Waals surface area contributed by atoms with Crippen LogP contribution in [0.2, 0.25) is 0 Å². The summed E-state index contributed by atoms with van der Waals surface area (Å²) >= 11 is 0. The predicted octanol–water partition coefficient (Wildman–Crippen LogP) is 1.09. The van der Waals surface area contributed by atoms with Crippen LogP contribution in [0.1, 0.15) is 11.1 Å². The van der Waals surface area contributed by atoms with Crippen molar-refractivity contribution in [2.75, 3.05) is 26.2 Å². The van der Waals surface area contributed by atoms with Gasteiger partial charge >= 0.3 is 0 Å². The normalized spacial score (nSPS) is 19.8. The fourth-order valence-electron chi connectivity index (χ4n) is 2.74. The van der Waals surface area contributed by atoms with Gasteiger partial charge in [0.15, 0.2) is 0 Å². The summed E-state index contributed by atoms with van der Waals surface area (Å²) in [6.07, 6.45) is 3.98. The van der Waals surface area contributed by atoms with Crippen LogP contribution in [0.3, 0.4) is 0 Å². The lowest BCUT2D eigenvalue weighted by atomic mass is 10.1. The molecule has 112 valence electrons. The third-order valence-electron chi connectivity index (χ3n) is 3.89. The first-order valence-electron chi connectivity index (χ1n) is 7.43. The number of ether oxygens (including phenoxy) is 1. The fraction of sp³-hybridized carbons (Fsp3) is 0.438. The zero-order chi connectivity index (χ0) is 14.5. The summed E-state index contributed by atoms with van der Waals surface area (Å²) in [7, 11) is 0. The first-order chi connectivity index (χ1) is 10.3. The Bertz CT molecular complexity index is 555. The lowest BCUT2D eigenvalue weighted by Gasteiger charge is -2.32. The number of nitrogens with zero attached hydrogens (tertiary/aromatic N) is 3. The fourth-order valence-corrected chi connectivity index (χ4v) is 2.74. The van der Waals surface area contributed by atoms with Crippen LogP contribution < -0.4 is 5.73 Å². The van der Waals surface area contributed by atoms with E-state index in [1.54, 1.807) is 0 Å².